The fraction of sp³-hybridized carbons (Fsp3) is 0.625. The van der Waals surface area contributed by atoms with E-state index in [2.05, 4.69) is 0 Å². The molecule has 0 spiro atoms. The first-order valence-electron chi connectivity index (χ1n) is 7.66. The summed E-state index contributed by atoms with van der Waals surface area (Å²) >= 11 is 1.53. The molecule has 1 N–H and O–H groups in total. The van der Waals surface area contributed by atoms with Crippen molar-refractivity contribution in [1.29, 1.82) is 0 Å². The Hall–Kier alpha value is -1.40. The molecule has 1 aromatic rings. The van der Waals surface area contributed by atoms with Crippen LogP contribution in [0.15, 0.2) is 6.07 Å². The fourth-order valence-electron chi connectivity index (χ4n) is 3.31. The third kappa shape index (κ3) is 2.44. The lowest BCUT2D eigenvalue weighted by molar-refractivity contribution is -0.150. The minimum Gasteiger partial charge on any atom is -0.481 e. The van der Waals surface area contributed by atoms with E-state index in [1.807, 2.05) is 19.9 Å². The van der Waals surface area contributed by atoms with Gasteiger partial charge in [-0.1, -0.05) is 13.8 Å². The van der Waals surface area contributed by atoms with Gasteiger partial charge in [0.05, 0.1) is 23.5 Å². The van der Waals surface area contributed by atoms with E-state index in [1.165, 1.54) is 16.2 Å². The van der Waals surface area contributed by atoms with Crippen molar-refractivity contribution < 1.29 is 19.4 Å². The molecular weight excluding hydrogens is 302 g/mol. The summed E-state index contributed by atoms with van der Waals surface area (Å²) in [5.74, 6) is -0.826. The number of aliphatic carboxylic acids is 1. The van der Waals surface area contributed by atoms with Gasteiger partial charge in [0, 0.05) is 24.4 Å². The molecule has 120 valence electrons. The third-order valence-corrected chi connectivity index (χ3v) is 6.18. The number of fused-ring (bicyclic) bond motifs is 1. The average Bonchev–Trinajstić information content (AvgIpc) is 3.11. The molecule has 1 amide bonds. The molecule has 0 aliphatic carbocycles. The van der Waals surface area contributed by atoms with Gasteiger partial charge in [-0.3, -0.25) is 9.59 Å². The van der Waals surface area contributed by atoms with Gasteiger partial charge < -0.3 is 14.7 Å². The Balaban J connectivity index is 1.79. The molecule has 1 unspecified atom stereocenters. The number of hydrogen-bond acceptors (Lipinski definition) is 4. The van der Waals surface area contributed by atoms with Gasteiger partial charge >= 0.3 is 5.97 Å². The summed E-state index contributed by atoms with van der Waals surface area (Å²) in [4.78, 5) is 28.0. The predicted octanol–water partition coefficient (Wildman–Crippen LogP) is 2.39. The number of carboxylic acid groups (broad SMARTS) is 1. The Morgan fingerprint density at radius 2 is 2.23 bits per heavy atom. The van der Waals surface area contributed by atoms with Crippen LogP contribution in [0.2, 0.25) is 0 Å². The molecule has 6 heteroatoms. The fourth-order valence-corrected chi connectivity index (χ4v) is 4.43. The normalized spacial score (nSPS) is 24.6. The van der Waals surface area contributed by atoms with Crippen molar-refractivity contribution in [2.24, 2.45) is 11.3 Å². The van der Waals surface area contributed by atoms with Crippen LogP contribution in [-0.2, 0) is 22.6 Å². The highest BCUT2D eigenvalue weighted by Gasteiger charge is 2.48. The second kappa shape index (κ2) is 5.66. The molecule has 22 heavy (non-hydrogen) atoms. The van der Waals surface area contributed by atoms with Crippen LogP contribution in [0.25, 0.3) is 0 Å². The molecule has 1 fully saturated rings. The second-order valence-electron chi connectivity index (χ2n) is 6.45. The smallest absolute Gasteiger partial charge is 0.311 e. The molecule has 5 nitrogen and oxygen atoms in total. The van der Waals surface area contributed by atoms with Crippen LogP contribution in [0.4, 0.5) is 0 Å². The summed E-state index contributed by atoms with van der Waals surface area (Å²) in [5.41, 5.74) is 0.294. The quantitative estimate of drug-likeness (QED) is 0.927. The van der Waals surface area contributed by atoms with E-state index in [-0.39, 0.29) is 11.8 Å². The number of amides is 1. The summed E-state index contributed by atoms with van der Waals surface area (Å²) in [6.45, 7) is 5.94. The van der Waals surface area contributed by atoms with E-state index in [9.17, 15) is 14.7 Å². The third-order valence-electron chi connectivity index (χ3n) is 4.96. The number of carbonyl (C=O) groups is 2. The van der Waals surface area contributed by atoms with Gasteiger partial charge in [-0.2, -0.15) is 0 Å². The number of hydrogen-bond donors (Lipinski definition) is 1. The zero-order chi connectivity index (χ0) is 15.9. The minimum absolute atomic E-state index is 0.00717. The van der Waals surface area contributed by atoms with Crippen molar-refractivity contribution in [1.82, 2.24) is 4.90 Å². The van der Waals surface area contributed by atoms with Crippen molar-refractivity contribution in [3.05, 3.63) is 21.4 Å². The monoisotopic (exact) mass is 323 g/mol. The SMILES string of the molecule is CC(C)C1(C(=O)O)CCN(C(=O)c2cc3c(s2)CCOC3)C1. The highest BCUT2D eigenvalue weighted by atomic mass is 32.1. The van der Waals surface area contributed by atoms with Gasteiger partial charge in [0.2, 0.25) is 0 Å². The summed E-state index contributed by atoms with van der Waals surface area (Å²) < 4.78 is 5.41. The summed E-state index contributed by atoms with van der Waals surface area (Å²) in [6.07, 6.45) is 1.39. The first kappa shape index (κ1) is 15.5. The standard InChI is InChI=1S/C16H21NO4S/c1-10(2)16(15(19)20)4-5-17(9-16)14(18)13-7-11-8-21-6-3-12(11)22-13/h7,10H,3-6,8-9H2,1-2H3,(H,19,20). The van der Waals surface area contributed by atoms with Crippen LogP contribution in [0.5, 0.6) is 0 Å². The van der Waals surface area contributed by atoms with E-state index in [1.54, 1.807) is 4.90 Å². The van der Waals surface area contributed by atoms with Crippen molar-refractivity contribution in [2.45, 2.75) is 33.3 Å². The van der Waals surface area contributed by atoms with Crippen LogP contribution < -0.4 is 0 Å². The lowest BCUT2D eigenvalue weighted by Gasteiger charge is -2.28. The lowest BCUT2D eigenvalue weighted by Crippen LogP contribution is -2.40. The molecule has 3 heterocycles. The minimum atomic E-state index is -0.810. The van der Waals surface area contributed by atoms with Crippen molar-refractivity contribution >= 4 is 23.2 Å². The molecule has 0 saturated carbocycles. The lowest BCUT2D eigenvalue weighted by atomic mass is 9.76. The predicted molar refractivity (Wildman–Crippen MR) is 83.1 cm³/mol. The van der Waals surface area contributed by atoms with Gasteiger partial charge in [0.15, 0.2) is 0 Å². The van der Waals surface area contributed by atoms with Crippen LogP contribution in [0.1, 0.15) is 40.4 Å². The first-order chi connectivity index (χ1) is 10.4. The summed E-state index contributed by atoms with van der Waals surface area (Å²) in [5, 5.41) is 9.59. The average molecular weight is 323 g/mol. The van der Waals surface area contributed by atoms with Gasteiger partial charge in [0.1, 0.15) is 0 Å². The van der Waals surface area contributed by atoms with E-state index >= 15 is 0 Å². The van der Waals surface area contributed by atoms with Crippen LogP contribution >= 0.6 is 11.3 Å². The van der Waals surface area contributed by atoms with E-state index in [0.717, 1.165) is 12.0 Å². The Kier molecular flexibility index (Phi) is 3.99. The number of thiophene rings is 1. The number of rotatable bonds is 3. The maximum Gasteiger partial charge on any atom is 0.311 e. The van der Waals surface area contributed by atoms with Crippen LogP contribution in [-0.4, -0.2) is 41.6 Å². The number of likely N-dealkylation sites (tertiary alicyclic amines) is 1. The van der Waals surface area contributed by atoms with E-state index in [4.69, 9.17) is 4.74 Å². The molecular formula is C16H21NO4S. The highest BCUT2D eigenvalue weighted by molar-refractivity contribution is 7.14. The Bertz CT molecular complexity index is 586. The van der Waals surface area contributed by atoms with Gasteiger partial charge in [-0.05, 0) is 24.0 Å². The zero-order valence-electron chi connectivity index (χ0n) is 12.9. The second-order valence-corrected chi connectivity index (χ2v) is 7.59. The first-order valence-corrected chi connectivity index (χ1v) is 8.47. The molecule has 2 aliphatic heterocycles. The summed E-state index contributed by atoms with van der Waals surface area (Å²) in [7, 11) is 0. The number of carbonyl (C=O) groups excluding carboxylic acids is 1. The van der Waals surface area contributed by atoms with Crippen molar-refractivity contribution in [3.63, 3.8) is 0 Å². The van der Waals surface area contributed by atoms with Gasteiger partial charge in [-0.15, -0.1) is 11.3 Å². The Labute approximate surface area is 133 Å². The highest BCUT2D eigenvalue weighted by Crippen LogP contribution is 2.39. The van der Waals surface area contributed by atoms with E-state index < -0.39 is 11.4 Å². The molecule has 0 radical (unpaired) electrons. The number of nitrogens with zero attached hydrogens (tertiary/aromatic N) is 1. The van der Waals surface area contributed by atoms with Crippen LogP contribution in [0, 0.1) is 11.3 Å². The van der Waals surface area contributed by atoms with Gasteiger partial charge in [0.25, 0.3) is 5.91 Å². The number of carboxylic acids is 1. The maximum absolute atomic E-state index is 12.7. The maximum atomic E-state index is 12.7. The largest absolute Gasteiger partial charge is 0.481 e. The Morgan fingerprint density at radius 3 is 2.82 bits per heavy atom. The molecule has 0 aromatic carbocycles. The molecule has 2 aliphatic rings. The van der Waals surface area contributed by atoms with Crippen molar-refractivity contribution in [2.75, 3.05) is 19.7 Å². The van der Waals surface area contributed by atoms with Crippen molar-refractivity contribution in [3.8, 4) is 0 Å². The topological polar surface area (TPSA) is 66.8 Å². The molecule has 3 rings (SSSR count). The Morgan fingerprint density at radius 1 is 1.45 bits per heavy atom. The zero-order valence-corrected chi connectivity index (χ0v) is 13.7. The van der Waals surface area contributed by atoms with Crippen LogP contribution in [0.3, 0.4) is 0 Å². The van der Waals surface area contributed by atoms with E-state index in [0.29, 0.717) is 37.6 Å². The molecule has 1 saturated heterocycles. The van der Waals surface area contributed by atoms with Gasteiger partial charge in [-0.25, -0.2) is 0 Å². The summed E-state index contributed by atoms with van der Waals surface area (Å²) in [6, 6.07) is 1.91. The molecule has 1 atom stereocenters. The molecule has 1 aromatic heterocycles. The molecule has 0 bridgehead atoms. The number of ether oxygens (including phenoxy) is 1.